The molecule has 1 aliphatic heterocycles. The van der Waals surface area contributed by atoms with Crippen molar-refractivity contribution < 1.29 is 14.3 Å². The summed E-state index contributed by atoms with van der Waals surface area (Å²) in [5.41, 5.74) is -0.120. The predicted molar refractivity (Wildman–Crippen MR) is 77.3 cm³/mol. The van der Waals surface area contributed by atoms with Gasteiger partial charge in [0, 0.05) is 12.8 Å². The maximum absolute atomic E-state index is 11.6. The van der Waals surface area contributed by atoms with Crippen LogP contribution in [0.2, 0.25) is 0 Å². The standard InChI is InChI=1S/C17H28O3/c1-11(2)17-10-9-15(4)7-6-8-16(5,20-17)13(15)14(17)19-12(3)18/h11,13-14H,6-10H2,1-5H3/t13-,14-,15+,16+,17+/m0/s1. The van der Waals surface area contributed by atoms with E-state index in [1.165, 1.54) is 26.2 Å². The summed E-state index contributed by atoms with van der Waals surface area (Å²) < 4.78 is 12.5. The summed E-state index contributed by atoms with van der Waals surface area (Å²) in [5.74, 6) is 0.560. The molecule has 2 saturated carbocycles. The minimum Gasteiger partial charge on any atom is -0.459 e. The fraction of sp³-hybridized carbons (Fsp3) is 0.941. The van der Waals surface area contributed by atoms with Crippen LogP contribution in [0.25, 0.3) is 0 Å². The number of esters is 1. The van der Waals surface area contributed by atoms with E-state index in [4.69, 9.17) is 9.47 Å². The molecule has 0 radical (unpaired) electrons. The van der Waals surface area contributed by atoms with Gasteiger partial charge in [0.15, 0.2) is 0 Å². The summed E-state index contributed by atoms with van der Waals surface area (Å²) >= 11 is 0. The van der Waals surface area contributed by atoms with Gasteiger partial charge in [-0.25, -0.2) is 0 Å². The normalized spacial score (nSPS) is 50.3. The summed E-state index contributed by atoms with van der Waals surface area (Å²) in [6.07, 6.45) is 5.71. The zero-order valence-electron chi connectivity index (χ0n) is 13.5. The molecule has 114 valence electrons. The average Bonchev–Trinajstić information content (AvgIpc) is 2.54. The van der Waals surface area contributed by atoms with Gasteiger partial charge in [-0.2, -0.15) is 0 Å². The van der Waals surface area contributed by atoms with Gasteiger partial charge in [0.25, 0.3) is 0 Å². The molecule has 0 N–H and O–H groups in total. The van der Waals surface area contributed by atoms with Crippen LogP contribution in [0.4, 0.5) is 0 Å². The van der Waals surface area contributed by atoms with Gasteiger partial charge in [-0.1, -0.05) is 27.2 Å². The molecule has 0 aromatic heterocycles. The Morgan fingerprint density at radius 1 is 1.20 bits per heavy atom. The first-order chi connectivity index (χ1) is 9.24. The van der Waals surface area contributed by atoms with Crippen molar-refractivity contribution in [1.29, 1.82) is 0 Å². The first-order valence-electron chi connectivity index (χ1n) is 8.11. The van der Waals surface area contributed by atoms with Gasteiger partial charge < -0.3 is 9.47 Å². The number of carbonyl (C=O) groups excluding carboxylic acids is 1. The fourth-order valence-corrected chi connectivity index (χ4v) is 5.50. The van der Waals surface area contributed by atoms with Crippen molar-refractivity contribution in [3.8, 4) is 0 Å². The monoisotopic (exact) mass is 280 g/mol. The predicted octanol–water partition coefficient (Wildman–Crippen LogP) is 3.70. The smallest absolute Gasteiger partial charge is 0.303 e. The van der Waals surface area contributed by atoms with Crippen LogP contribution in [0.15, 0.2) is 0 Å². The van der Waals surface area contributed by atoms with Gasteiger partial charge in [-0.3, -0.25) is 4.79 Å². The van der Waals surface area contributed by atoms with E-state index in [0.717, 1.165) is 12.8 Å². The van der Waals surface area contributed by atoms with Crippen LogP contribution in [-0.4, -0.2) is 23.3 Å². The largest absolute Gasteiger partial charge is 0.459 e. The molecule has 3 rings (SSSR count). The molecule has 3 aliphatic rings. The third-order valence-electron chi connectivity index (χ3n) is 6.39. The number of hydrogen-bond donors (Lipinski definition) is 0. The molecule has 2 aliphatic carbocycles. The molecule has 0 spiro atoms. The second-order valence-corrected chi connectivity index (χ2v) is 8.04. The highest BCUT2D eigenvalue weighted by molar-refractivity contribution is 5.66. The molecule has 2 bridgehead atoms. The maximum Gasteiger partial charge on any atom is 0.303 e. The number of rotatable bonds is 2. The van der Waals surface area contributed by atoms with Crippen LogP contribution < -0.4 is 0 Å². The Morgan fingerprint density at radius 3 is 2.50 bits per heavy atom. The van der Waals surface area contributed by atoms with E-state index in [-0.39, 0.29) is 28.7 Å². The van der Waals surface area contributed by atoms with Crippen molar-refractivity contribution >= 4 is 5.97 Å². The van der Waals surface area contributed by atoms with Gasteiger partial charge in [0.1, 0.15) is 11.7 Å². The van der Waals surface area contributed by atoms with Crippen LogP contribution >= 0.6 is 0 Å². The van der Waals surface area contributed by atoms with E-state index in [1.54, 1.807) is 0 Å². The van der Waals surface area contributed by atoms with Crippen LogP contribution in [-0.2, 0) is 14.3 Å². The topological polar surface area (TPSA) is 35.5 Å². The van der Waals surface area contributed by atoms with Crippen molar-refractivity contribution in [3.63, 3.8) is 0 Å². The van der Waals surface area contributed by atoms with Gasteiger partial charge >= 0.3 is 5.97 Å². The Morgan fingerprint density at radius 2 is 1.90 bits per heavy atom. The second kappa shape index (κ2) is 4.22. The van der Waals surface area contributed by atoms with Crippen molar-refractivity contribution in [2.75, 3.05) is 0 Å². The molecule has 0 unspecified atom stereocenters. The highest BCUT2D eigenvalue weighted by Crippen LogP contribution is 2.66. The van der Waals surface area contributed by atoms with E-state index >= 15 is 0 Å². The summed E-state index contributed by atoms with van der Waals surface area (Å²) in [6.45, 7) is 10.6. The van der Waals surface area contributed by atoms with Crippen molar-refractivity contribution in [2.24, 2.45) is 17.3 Å². The Hall–Kier alpha value is -0.570. The molecule has 5 atom stereocenters. The zero-order chi connectivity index (χ0) is 14.8. The fourth-order valence-electron chi connectivity index (χ4n) is 5.50. The lowest BCUT2D eigenvalue weighted by atomic mass is 9.53. The molecule has 1 saturated heterocycles. The minimum atomic E-state index is -0.269. The van der Waals surface area contributed by atoms with Gasteiger partial charge in [-0.05, 0) is 43.9 Å². The number of carbonyl (C=O) groups is 1. The molecule has 3 nitrogen and oxygen atoms in total. The van der Waals surface area contributed by atoms with Gasteiger partial charge in [0.05, 0.1) is 5.60 Å². The van der Waals surface area contributed by atoms with Crippen LogP contribution in [0.3, 0.4) is 0 Å². The third-order valence-corrected chi connectivity index (χ3v) is 6.39. The van der Waals surface area contributed by atoms with Crippen LogP contribution in [0, 0.1) is 17.3 Å². The molecule has 0 aromatic rings. The molecule has 1 heterocycles. The number of fused-ring (bicyclic) bond motifs is 1. The number of hydrogen-bond acceptors (Lipinski definition) is 3. The molecule has 3 fully saturated rings. The lowest BCUT2D eigenvalue weighted by Gasteiger charge is -2.52. The Bertz CT molecular complexity index is 432. The molecular weight excluding hydrogens is 252 g/mol. The van der Waals surface area contributed by atoms with Crippen molar-refractivity contribution in [1.82, 2.24) is 0 Å². The Labute approximate surface area is 122 Å². The van der Waals surface area contributed by atoms with E-state index in [0.29, 0.717) is 11.8 Å². The lowest BCUT2D eigenvalue weighted by Crippen LogP contribution is -2.57. The molecule has 0 amide bonds. The summed E-state index contributed by atoms with van der Waals surface area (Å²) in [6, 6.07) is 0. The Balaban J connectivity index is 2.08. The van der Waals surface area contributed by atoms with E-state index in [1.807, 2.05) is 0 Å². The quantitative estimate of drug-likeness (QED) is 0.723. The highest BCUT2D eigenvalue weighted by atomic mass is 16.6. The minimum absolute atomic E-state index is 0.0657. The molecule has 3 heteroatoms. The first kappa shape index (κ1) is 14.4. The summed E-state index contributed by atoms with van der Waals surface area (Å²) in [5, 5.41) is 0. The summed E-state index contributed by atoms with van der Waals surface area (Å²) in [4.78, 5) is 11.6. The third kappa shape index (κ3) is 1.71. The summed E-state index contributed by atoms with van der Waals surface area (Å²) in [7, 11) is 0. The van der Waals surface area contributed by atoms with Crippen molar-refractivity contribution in [2.45, 2.75) is 84.0 Å². The van der Waals surface area contributed by atoms with Gasteiger partial charge in [-0.15, -0.1) is 0 Å². The van der Waals surface area contributed by atoms with E-state index in [9.17, 15) is 4.79 Å². The maximum atomic E-state index is 11.6. The second-order valence-electron chi connectivity index (χ2n) is 8.04. The first-order valence-corrected chi connectivity index (χ1v) is 8.11. The molecular formula is C17H28O3. The molecule has 20 heavy (non-hydrogen) atoms. The number of ether oxygens (including phenoxy) is 2. The zero-order valence-corrected chi connectivity index (χ0v) is 13.5. The van der Waals surface area contributed by atoms with Gasteiger partial charge in [0.2, 0.25) is 0 Å². The van der Waals surface area contributed by atoms with E-state index < -0.39 is 0 Å². The molecule has 0 aromatic carbocycles. The average molecular weight is 280 g/mol. The SMILES string of the molecule is CC(=O)O[C@H]1[C@H]2[C@]3(C)CCC[C@@]2(C)O[C@@]1(C(C)C)CC3. The van der Waals surface area contributed by atoms with Crippen LogP contribution in [0.1, 0.15) is 66.7 Å². The van der Waals surface area contributed by atoms with E-state index in [2.05, 4.69) is 27.7 Å². The van der Waals surface area contributed by atoms with Crippen molar-refractivity contribution in [3.05, 3.63) is 0 Å². The lowest BCUT2D eigenvalue weighted by molar-refractivity contribution is -0.177. The Kier molecular flexibility index (Phi) is 3.03. The highest BCUT2D eigenvalue weighted by Gasteiger charge is 2.71. The van der Waals surface area contributed by atoms with Crippen LogP contribution in [0.5, 0.6) is 0 Å².